The fraction of sp³-hybridized carbons (Fsp3) is 0.0526. The van der Waals surface area contributed by atoms with Crippen LogP contribution in [-0.2, 0) is 4.79 Å². The van der Waals surface area contributed by atoms with Crippen molar-refractivity contribution in [2.75, 3.05) is 5.32 Å². The zero-order valence-electron chi connectivity index (χ0n) is 13.3. The zero-order valence-corrected chi connectivity index (χ0v) is 14.9. The summed E-state index contributed by atoms with van der Waals surface area (Å²) in [7, 11) is 0. The molecule has 1 N–H and O–H groups in total. The van der Waals surface area contributed by atoms with Crippen LogP contribution < -0.4 is 5.32 Å². The number of hydrogen-bond donors (Lipinski definition) is 1. The maximum absolute atomic E-state index is 12.7. The second kappa shape index (κ2) is 6.67. The number of fused-ring (bicyclic) bond motifs is 3. The fourth-order valence-electron chi connectivity index (χ4n) is 2.63. The van der Waals surface area contributed by atoms with Crippen molar-refractivity contribution in [1.82, 2.24) is 4.98 Å². The highest BCUT2D eigenvalue weighted by Gasteiger charge is 2.29. The van der Waals surface area contributed by atoms with Gasteiger partial charge in [-0.15, -0.1) is 22.7 Å². The minimum atomic E-state index is -1.41. The maximum Gasteiger partial charge on any atom is 0.250 e. The Morgan fingerprint density at radius 1 is 1.08 bits per heavy atom. The Kier molecular flexibility index (Phi) is 4.21. The van der Waals surface area contributed by atoms with E-state index in [1.54, 1.807) is 35.6 Å². The number of carbonyl (C=O) groups is 2. The molecule has 0 fully saturated rings. The van der Waals surface area contributed by atoms with Crippen LogP contribution in [0.15, 0.2) is 54.7 Å². The number of Topliss-reactive ketones (excluding diaryl/α,β-unsaturated/α-hetero) is 1. The summed E-state index contributed by atoms with van der Waals surface area (Å²) in [6.07, 6.45) is 1.53. The lowest BCUT2D eigenvalue weighted by molar-refractivity contribution is -0.117. The monoisotopic (exact) mass is 377 g/mol. The van der Waals surface area contributed by atoms with E-state index in [-0.39, 0.29) is 0 Å². The number of rotatable bonds is 4. The molecule has 0 radical (unpaired) electrons. The molecular weight excluding hydrogens is 366 g/mol. The first kappa shape index (κ1) is 16.4. The van der Waals surface area contributed by atoms with Crippen LogP contribution >= 0.6 is 22.7 Å². The SMILES string of the molecule is N#CC(C(=O)Nc1ccccn1)C(=O)c1cc2sc3ccccc3c2s1. The van der Waals surface area contributed by atoms with Gasteiger partial charge in [0.15, 0.2) is 11.7 Å². The van der Waals surface area contributed by atoms with E-state index < -0.39 is 17.6 Å². The van der Waals surface area contributed by atoms with Crippen molar-refractivity contribution in [1.29, 1.82) is 5.26 Å². The number of nitriles is 1. The number of benzene rings is 1. The van der Waals surface area contributed by atoms with Crippen molar-refractivity contribution in [3.63, 3.8) is 0 Å². The second-order valence-corrected chi connectivity index (χ2v) is 7.67. The predicted molar refractivity (Wildman–Crippen MR) is 104 cm³/mol. The third kappa shape index (κ3) is 2.86. The maximum atomic E-state index is 12.7. The van der Waals surface area contributed by atoms with Crippen LogP contribution in [0.3, 0.4) is 0 Å². The molecule has 0 spiro atoms. The molecule has 0 saturated heterocycles. The molecule has 1 atom stereocenters. The number of nitrogens with zero attached hydrogens (tertiary/aromatic N) is 2. The predicted octanol–water partition coefficient (Wildman–Crippen LogP) is 4.47. The average Bonchev–Trinajstić information content (AvgIpc) is 3.21. The zero-order chi connectivity index (χ0) is 18.1. The number of pyridine rings is 1. The lowest BCUT2D eigenvalue weighted by Gasteiger charge is -2.07. The number of hydrogen-bond acceptors (Lipinski definition) is 6. The molecule has 3 aromatic heterocycles. The smallest absolute Gasteiger partial charge is 0.250 e. The molecule has 1 unspecified atom stereocenters. The number of thiophene rings is 2. The molecule has 0 bridgehead atoms. The van der Waals surface area contributed by atoms with E-state index in [1.165, 1.54) is 17.5 Å². The van der Waals surface area contributed by atoms with Crippen LogP contribution in [0.25, 0.3) is 19.5 Å². The van der Waals surface area contributed by atoms with Gasteiger partial charge >= 0.3 is 0 Å². The van der Waals surface area contributed by atoms with Gasteiger partial charge in [0, 0.05) is 21.0 Å². The van der Waals surface area contributed by atoms with E-state index in [4.69, 9.17) is 0 Å². The minimum absolute atomic E-state index is 0.309. The van der Waals surface area contributed by atoms with Gasteiger partial charge in [0.1, 0.15) is 5.82 Å². The average molecular weight is 377 g/mol. The molecule has 5 nitrogen and oxygen atoms in total. The van der Waals surface area contributed by atoms with Crippen molar-refractivity contribution < 1.29 is 9.59 Å². The summed E-state index contributed by atoms with van der Waals surface area (Å²) in [6, 6.07) is 16.6. The Morgan fingerprint density at radius 3 is 2.65 bits per heavy atom. The third-order valence-corrected chi connectivity index (χ3v) is 6.29. The molecule has 1 amide bonds. The lowest BCUT2D eigenvalue weighted by Crippen LogP contribution is -2.28. The van der Waals surface area contributed by atoms with Crippen LogP contribution in [0, 0.1) is 17.2 Å². The van der Waals surface area contributed by atoms with Crippen molar-refractivity contribution in [2.45, 2.75) is 0 Å². The molecule has 7 heteroatoms. The van der Waals surface area contributed by atoms with Gasteiger partial charge in [-0.05, 0) is 24.3 Å². The van der Waals surface area contributed by atoms with Crippen LogP contribution in [0.4, 0.5) is 5.82 Å². The van der Waals surface area contributed by atoms with Crippen LogP contribution in [0.1, 0.15) is 9.67 Å². The van der Waals surface area contributed by atoms with E-state index in [0.717, 1.165) is 19.5 Å². The minimum Gasteiger partial charge on any atom is -0.309 e. The third-order valence-electron chi connectivity index (χ3n) is 3.86. The highest BCUT2D eigenvalue weighted by atomic mass is 32.1. The van der Waals surface area contributed by atoms with E-state index in [1.807, 2.05) is 30.3 Å². The molecule has 0 aliphatic rings. The number of carbonyl (C=O) groups excluding carboxylic acids is 2. The Balaban J connectivity index is 1.63. The van der Waals surface area contributed by atoms with Crippen LogP contribution in [0.2, 0.25) is 0 Å². The molecule has 4 rings (SSSR count). The summed E-state index contributed by atoms with van der Waals surface area (Å²) in [5.74, 6) is -2.25. The number of aromatic nitrogens is 1. The van der Waals surface area contributed by atoms with Gasteiger partial charge in [-0.2, -0.15) is 5.26 Å². The molecule has 1 aromatic carbocycles. The van der Waals surface area contributed by atoms with E-state index >= 15 is 0 Å². The molecular formula is C19H11N3O2S2. The molecule has 4 aromatic rings. The number of amides is 1. The molecule has 0 saturated carbocycles. The van der Waals surface area contributed by atoms with Gasteiger partial charge < -0.3 is 5.32 Å². The number of nitrogens with one attached hydrogen (secondary N) is 1. The summed E-state index contributed by atoms with van der Waals surface area (Å²) in [6.45, 7) is 0. The molecule has 26 heavy (non-hydrogen) atoms. The summed E-state index contributed by atoms with van der Waals surface area (Å²) in [5, 5.41) is 13.0. The topological polar surface area (TPSA) is 82.8 Å². The van der Waals surface area contributed by atoms with Crippen LogP contribution in [-0.4, -0.2) is 16.7 Å². The molecule has 126 valence electrons. The molecule has 3 heterocycles. The first-order valence-corrected chi connectivity index (χ1v) is 9.37. The van der Waals surface area contributed by atoms with Crippen molar-refractivity contribution >= 4 is 59.7 Å². The molecule has 0 aliphatic carbocycles. The van der Waals surface area contributed by atoms with Crippen molar-refractivity contribution in [2.24, 2.45) is 5.92 Å². The Hall–Kier alpha value is -3.08. The van der Waals surface area contributed by atoms with Gasteiger partial charge in [-0.1, -0.05) is 24.3 Å². The number of ketones is 1. The molecule has 0 aliphatic heterocycles. The highest BCUT2D eigenvalue weighted by molar-refractivity contribution is 7.33. The van der Waals surface area contributed by atoms with Crippen molar-refractivity contribution in [3.8, 4) is 6.07 Å². The van der Waals surface area contributed by atoms with Gasteiger partial charge in [0.25, 0.3) is 5.91 Å². The number of anilines is 1. The Labute approximate surface area is 156 Å². The second-order valence-electron chi connectivity index (χ2n) is 5.53. The summed E-state index contributed by atoms with van der Waals surface area (Å²) < 4.78 is 3.15. The highest BCUT2D eigenvalue weighted by Crippen LogP contribution is 2.39. The summed E-state index contributed by atoms with van der Waals surface area (Å²) >= 11 is 2.92. The van der Waals surface area contributed by atoms with E-state index in [9.17, 15) is 14.9 Å². The summed E-state index contributed by atoms with van der Waals surface area (Å²) in [4.78, 5) is 29.5. The normalized spacial score (nSPS) is 12.0. The van der Waals surface area contributed by atoms with Crippen LogP contribution in [0.5, 0.6) is 0 Å². The van der Waals surface area contributed by atoms with E-state index in [0.29, 0.717) is 10.7 Å². The quantitative estimate of drug-likeness (QED) is 0.420. The van der Waals surface area contributed by atoms with Gasteiger partial charge in [-0.25, -0.2) is 4.98 Å². The standard InChI is InChI=1S/C19H11N3O2S2/c20-10-12(19(24)22-16-7-3-4-8-21-16)17(23)14-9-15-18(26-14)11-5-1-2-6-13(11)25-15/h1-9,12H,(H,21,22,24). The van der Waals surface area contributed by atoms with Crippen molar-refractivity contribution in [3.05, 3.63) is 59.6 Å². The lowest BCUT2D eigenvalue weighted by atomic mass is 10.0. The van der Waals surface area contributed by atoms with E-state index in [2.05, 4.69) is 10.3 Å². The fourth-order valence-corrected chi connectivity index (χ4v) is 5.13. The van der Waals surface area contributed by atoms with Gasteiger partial charge in [-0.3, -0.25) is 9.59 Å². The largest absolute Gasteiger partial charge is 0.309 e. The van der Waals surface area contributed by atoms with Gasteiger partial charge in [0.2, 0.25) is 0 Å². The Morgan fingerprint density at radius 2 is 1.88 bits per heavy atom. The first-order chi connectivity index (χ1) is 12.7. The Bertz CT molecular complexity index is 1170. The van der Waals surface area contributed by atoms with Gasteiger partial charge in [0.05, 0.1) is 15.6 Å². The first-order valence-electron chi connectivity index (χ1n) is 7.74. The summed E-state index contributed by atoms with van der Waals surface area (Å²) in [5.41, 5.74) is 0.